The van der Waals surface area contributed by atoms with Crippen LogP contribution in [0.1, 0.15) is 5.56 Å². The summed E-state index contributed by atoms with van der Waals surface area (Å²) >= 11 is 0. The number of rotatable bonds is 1. The van der Waals surface area contributed by atoms with E-state index in [0.717, 1.165) is 21.6 Å². The lowest BCUT2D eigenvalue weighted by Crippen LogP contribution is -2.34. The summed E-state index contributed by atoms with van der Waals surface area (Å²) in [6, 6.07) is 5.70. The van der Waals surface area contributed by atoms with Crippen molar-refractivity contribution in [1.29, 1.82) is 0 Å². The van der Waals surface area contributed by atoms with Crippen LogP contribution in [-0.4, -0.2) is 27.9 Å². The largest absolute Gasteiger partial charge is 0.464 e. The molecule has 0 unspecified atom stereocenters. The van der Waals surface area contributed by atoms with E-state index in [4.69, 9.17) is 5.11 Å². The molecule has 0 aliphatic rings. The Morgan fingerprint density at radius 3 is 2.93 bits per heavy atom. The summed E-state index contributed by atoms with van der Waals surface area (Å²) in [5, 5.41) is 9.93. The van der Waals surface area contributed by atoms with Crippen molar-refractivity contribution in [2.45, 2.75) is 6.92 Å². The van der Waals surface area contributed by atoms with E-state index in [0.29, 0.717) is 0 Å². The van der Waals surface area contributed by atoms with Crippen molar-refractivity contribution in [3.8, 4) is 0 Å². The molecule has 1 N–H and O–H groups in total. The van der Waals surface area contributed by atoms with Crippen LogP contribution in [0.2, 0.25) is 0 Å². The lowest BCUT2D eigenvalue weighted by molar-refractivity contribution is 0.197. The summed E-state index contributed by atoms with van der Waals surface area (Å²) in [6.45, 7) is 1.97. The molecule has 0 aliphatic heterocycles. The molecule has 0 atom stereocenters. The molecule has 1 amide bonds. The Kier molecular flexibility index (Phi) is 2.07. The molecule has 1 aromatic heterocycles. The third-order valence-corrected chi connectivity index (χ3v) is 2.28. The summed E-state index contributed by atoms with van der Waals surface area (Å²) < 4.78 is 1.50. The molecule has 0 radical (unpaired) electrons. The fraction of sp³-hybridized carbons (Fsp3) is 0.200. The maximum atomic E-state index is 10.8. The van der Waals surface area contributed by atoms with Crippen LogP contribution in [0.3, 0.4) is 0 Å². The van der Waals surface area contributed by atoms with Crippen molar-refractivity contribution in [2.24, 2.45) is 0 Å². The average molecular weight is 205 g/mol. The van der Waals surface area contributed by atoms with E-state index < -0.39 is 6.09 Å². The smallest absolute Gasteiger partial charge is 0.426 e. The molecule has 15 heavy (non-hydrogen) atoms. The third kappa shape index (κ3) is 1.52. The summed E-state index contributed by atoms with van der Waals surface area (Å²) in [5.74, 6) is 0. The minimum atomic E-state index is -1.02. The van der Waals surface area contributed by atoms with Gasteiger partial charge in [-0.3, -0.25) is 0 Å². The molecule has 78 valence electrons. The second-order valence-corrected chi connectivity index (χ2v) is 3.39. The van der Waals surface area contributed by atoms with Gasteiger partial charge in [0.15, 0.2) is 0 Å². The molecular weight excluding hydrogens is 194 g/mol. The molecule has 1 heterocycles. The second-order valence-electron chi connectivity index (χ2n) is 3.39. The van der Waals surface area contributed by atoms with E-state index >= 15 is 0 Å². The van der Waals surface area contributed by atoms with Crippen molar-refractivity contribution in [3.05, 3.63) is 30.1 Å². The first kappa shape index (κ1) is 9.51. The molecule has 0 saturated carbocycles. The number of hydrogen-bond acceptors (Lipinski definition) is 2. The van der Waals surface area contributed by atoms with Crippen molar-refractivity contribution in [3.63, 3.8) is 0 Å². The monoisotopic (exact) mass is 205 g/mol. The number of nitrogens with zero attached hydrogens (tertiary/aromatic N) is 3. The predicted octanol–water partition coefficient (Wildman–Crippen LogP) is 1.59. The van der Waals surface area contributed by atoms with Crippen LogP contribution in [0.25, 0.3) is 11.0 Å². The molecule has 5 nitrogen and oxygen atoms in total. The van der Waals surface area contributed by atoms with Gasteiger partial charge >= 0.3 is 6.09 Å². The number of amides is 1. The predicted molar refractivity (Wildman–Crippen MR) is 56.6 cm³/mol. The first-order chi connectivity index (χ1) is 7.09. The van der Waals surface area contributed by atoms with Crippen LogP contribution in [0.4, 0.5) is 4.79 Å². The van der Waals surface area contributed by atoms with Gasteiger partial charge in [0.1, 0.15) is 6.33 Å². The van der Waals surface area contributed by atoms with Gasteiger partial charge in [-0.25, -0.2) is 19.5 Å². The van der Waals surface area contributed by atoms with Crippen molar-refractivity contribution in [1.82, 2.24) is 9.66 Å². The first-order valence-corrected chi connectivity index (χ1v) is 4.50. The standard InChI is InChI=1S/C10H11N3O2/c1-7-3-4-9-8(5-7)11-6-13(9)12(2)10(14)15/h3-6H,1-2H3,(H,14,15). The number of imidazole rings is 1. The van der Waals surface area contributed by atoms with Gasteiger partial charge in [0, 0.05) is 7.05 Å². The van der Waals surface area contributed by atoms with Gasteiger partial charge in [0.25, 0.3) is 0 Å². The molecule has 0 bridgehead atoms. The number of benzene rings is 1. The molecule has 1 aromatic carbocycles. The summed E-state index contributed by atoms with van der Waals surface area (Å²) in [7, 11) is 1.48. The second kappa shape index (κ2) is 3.27. The lowest BCUT2D eigenvalue weighted by Gasteiger charge is -2.14. The first-order valence-electron chi connectivity index (χ1n) is 4.50. The Labute approximate surface area is 86.5 Å². The highest BCUT2D eigenvalue weighted by molar-refractivity contribution is 5.82. The topological polar surface area (TPSA) is 58.4 Å². The van der Waals surface area contributed by atoms with Crippen LogP contribution in [-0.2, 0) is 0 Å². The Hall–Kier alpha value is -2.04. The molecule has 0 fully saturated rings. The van der Waals surface area contributed by atoms with Crippen molar-refractivity contribution < 1.29 is 9.90 Å². The molecule has 0 aliphatic carbocycles. The number of aryl methyl sites for hydroxylation is 1. The fourth-order valence-corrected chi connectivity index (χ4v) is 1.44. The molecule has 2 aromatic rings. The number of hydrogen-bond donors (Lipinski definition) is 1. The van der Waals surface area contributed by atoms with Crippen LogP contribution in [0, 0.1) is 6.92 Å². The Morgan fingerprint density at radius 1 is 1.53 bits per heavy atom. The van der Waals surface area contributed by atoms with Gasteiger partial charge < -0.3 is 5.11 Å². The van der Waals surface area contributed by atoms with Gasteiger partial charge in [-0.05, 0) is 24.6 Å². The van der Waals surface area contributed by atoms with E-state index in [2.05, 4.69) is 4.98 Å². The fourth-order valence-electron chi connectivity index (χ4n) is 1.44. The third-order valence-electron chi connectivity index (χ3n) is 2.28. The zero-order valence-electron chi connectivity index (χ0n) is 8.51. The molecular formula is C10H11N3O2. The average Bonchev–Trinajstić information content (AvgIpc) is 2.59. The molecule has 0 saturated heterocycles. The van der Waals surface area contributed by atoms with Gasteiger partial charge in [0.05, 0.1) is 11.0 Å². The Bertz CT molecular complexity index is 518. The van der Waals surface area contributed by atoms with E-state index in [1.165, 1.54) is 18.1 Å². The van der Waals surface area contributed by atoms with Crippen LogP contribution in [0.15, 0.2) is 24.5 Å². The number of carboxylic acid groups (broad SMARTS) is 1. The number of fused-ring (bicyclic) bond motifs is 1. The van der Waals surface area contributed by atoms with Crippen LogP contribution in [0.5, 0.6) is 0 Å². The van der Waals surface area contributed by atoms with Crippen molar-refractivity contribution >= 4 is 17.1 Å². The zero-order chi connectivity index (χ0) is 11.0. The number of aromatic nitrogens is 2. The van der Waals surface area contributed by atoms with E-state index in [-0.39, 0.29) is 0 Å². The van der Waals surface area contributed by atoms with Gasteiger partial charge in [-0.1, -0.05) is 6.07 Å². The highest BCUT2D eigenvalue weighted by Crippen LogP contribution is 2.14. The Morgan fingerprint density at radius 2 is 2.27 bits per heavy atom. The normalized spacial score (nSPS) is 10.5. The van der Waals surface area contributed by atoms with Gasteiger partial charge in [-0.2, -0.15) is 0 Å². The lowest BCUT2D eigenvalue weighted by atomic mass is 10.2. The highest BCUT2D eigenvalue weighted by Gasteiger charge is 2.11. The minimum Gasteiger partial charge on any atom is -0.464 e. The SMILES string of the molecule is Cc1ccc2c(c1)ncn2N(C)C(=O)O. The van der Waals surface area contributed by atoms with E-state index in [9.17, 15) is 4.79 Å². The quantitative estimate of drug-likeness (QED) is 0.769. The number of carbonyl (C=O) groups is 1. The molecule has 2 rings (SSSR count). The highest BCUT2D eigenvalue weighted by atomic mass is 16.4. The molecule has 5 heteroatoms. The minimum absolute atomic E-state index is 0.783. The van der Waals surface area contributed by atoms with E-state index in [1.807, 2.05) is 25.1 Å². The van der Waals surface area contributed by atoms with Gasteiger partial charge in [-0.15, -0.1) is 0 Å². The van der Waals surface area contributed by atoms with Gasteiger partial charge in [0.2, 0.25) is 0 Å². The van der Waals surface area contributed by atoms with Crippen LogP contribution >= 0.6 is 0 Å². The van der Waals surface area contributed by atoms with Crippen LogP contribution < -0.4 is 5.01 Å². The summed E-state index contributed by atoms with van der Waals surface area (Å²) in [5.41, 5.74) is 2.68. The maximum absolute atomic E-state index is 10.8. The summed E-state index contributed by atoms with van der Waals surface area (Å²) in [4.78, 5) is 14.9. The Balaban J connectivity index is 2.59. The summed E-state index contributed by atoms with van der Waals surface area (Å²) in [6.07, 6.45) is 0.480. The maximum Gasteiger partial charge on any atom is 0.426 e. The van der Waals surface area contributed by atoms with E-state index in [1.54, 1.807) is 0 Å². The van der Waals surface area contributed by atoms with Crippen molar-refractivity contribution in [2.75, 3.05) is 12.1 Å². The molecule has 0 spiro atoms. The zero-order valence-corrected chi connectivity index (χ0v) is 8.51.